The molecule has 0 fully saturated rings. The number of carbonyl (C=O) groups excluding carboxylic acids is 1. The van der Waals surface area contributed by atoms with Crippen LogP contribution in [0.2, 0.25) is 10.0 Å². The Labute approximate surface area is 157 Å². The van der Waals surface area contributed by atoms with E-state index in [1.165, 1.54) is 19.1 Å². The van der Waals surface area contributed by atoms with Crippen molar-refractivity contribution in [2.24, 2.45) is 0 Å². The molecule has 2 aromatic carbocycles. The highest BCUT2D eigenvalue weighted by Crippen LogP contribution is 2.32. The Bertz CT molecular complexity index is 901. The van der Waals surface area contributed by atoms with Crippen LogP contribution >= 0.6 is 23.2 Å². The quantitative estimate of drug-likeness (QED) is 0.821. The highest BCUT2D eigenvalue weighted by atomic mass is 35.5. The molecule has 0 heterocycles. The predicted octanol–water partition coefficient (Wildman–Crippen LogP) is 4.10. The number of amides is 1. The largest absolute Gasteiger partial charge is 0.324 e. The Kier molecular flexibility index (Phi) is 5.98. The third-order valence-electron chi connectivity index (χ3n) is 3.52. The lowest BCUT2D eigenvalue weighted by Crippen LogP contribution is -2.45. The van der Waals surface area contributed by atoms with Gasteiger partial charge in [-0.15, -0.1) is 0 Å². The van der Waals surface area contributed by atoms with Crippen LogP contribution in [0.25, 0.3) is 0 Å². The van der Waals surface area contributed by atoms with Gasteiger partial charge >= 0.3 is 0 Å². The second kappa shape index (κ2) is 7.64. The number of benzene rings is 2. The van der Waals surface area contributed by atoms with Crippen LogP contribution < -0.4 is 9.62 Å². The van der Waals surface area contributed by atoms with Gasteiger partial charge in [-0.05, 0) is 49.7 Å². The zero-order valence-corrected chi connectivity index (χ0v) is 16.3. The van der Waals surface area contributed by atoms with E-state index in [1.807, 2.05) is 13.0 Å². The molecule has 134 valence electrons. The second-order valence-corrected chi connectivity index (χ2v) is 8.39. The second-order valence-electron chi connectivity index (χ2n) is 5.69. The average Bonchev–Trinajstić information content (AvgIpc) is 2.49. The maximum atomic E-state index is 12.6. The number of aryl methyl sites for hydroxylation is 1. The van der Waals surface area contributed by atoms with Gasteiger partial charge < -0.3 is 5.32 Å². The van der Waals surface area contributed by atoms with E-state index in [0.29, 0.717) is 10.7 Å². The fourth-order valence-corrected chi connectivity index (χ4v) is 4.01. The van der Waals surface area contributed by atoms with Crippen molar-refractivity contribution in [2.75, 3.05) is 15.9 Å². The molecular weight excluding hydrogens is 383 g/mol. The fraction of sp³-hybridized carbons (Fsp3) is 0.235. The van der Waals surface area contributed by atoms with Crippen LogP contribution in [0.4, 0.5) is 11.4 Å². The minimum absolute atomic E-state index is 0.156. The van der Waals surface area contributed by atoms with Crippen LogP contribution in [0.3, 0.4) is 0 Å². The standard InChI is InChI=1S/C17H18Cl2N2O3S/c1-11-5-4-6-14(9-11)20-17(22)12(2)21(25(3,23)24)16-10-13(18)7-8-15(16)19/h4-10,12H,1-3H3,(H,20,22). The molecule has 0 saturated heterocycles. The van der Waals surface area contributed by atoms with Gasteiger partial charge in [0.15, 0.2) is 0 Å². The molecular formula is C17H18Cl2N2O3S. The summed E-state index contributed by atoms with van der Waals surface area (Å²) in [5, 5.41) is 3.22. The van der Waals surface area contributed by atoms with Gasteiger partial charge in [0.2, 0.25) is 15.9 Å². The van der Waals surface area contributed by atoms with Crippen LogP contribution in [0.5, 0.6) is 0 Å². The number of rotatable bonds is 5. The molecule has 0 radical (unpaired) electrons. The molecule has 0 aliphatic carbocycles. The van der Waals surface area contributed by atoms with Crippen molar-refractivity contribution in [3.63, 3.8) is 0 Å². The molecule has 0 aliphatic rings. The van der Waals surface area contributed by atoms with E-state index in [9.17, 15) is 13.2 Å². The Hall–Kier alpha value is -1.76. The van der Waals surface area contributed by atoms with Crippen molar-refractivity contribution in [3.8, 4) is 0 Å². The Morgan fingerprint density at radius 3 is 2.44 bits per heavy atom. The molecule has 2 rings (SSSR count). The van der Waals surface area contributed by atoms with Gasteiger partial charge in [-0.3, -0.25) is 9.10 Å². The fourth-order valence-electron chi connectivity index (χ4n) is 2.41. The molecule has 25 heavy (non-hydrogen) atoms. The third-order valence-corrected chi connectivity index (χ3v) is 5.30. The van der Waals surface area contributed by atoms with E-state index >= 15 is 0 Å². The molecule has 0 saturated carbocycles. The van der Waals surface area contributed by atoms with E-state index in [1.54, 1.807) is 24.3 Å². The molecule has 1 N–H and O–H groups in total. The maximum absolute atomic E-state index is 12.6. The van der Waals surface area contributed by atoms with Gasteiger partial charge in [0, 0.05) is 10.7 Å². The number of carbonyl (C=O) groups is 1. The summed E-state index contributed by atoms with van der Waals surface area (Å²) >= 11 is 12.1. The smallest absolute Gasteiger partial charge is 0.247 e. The number of nitrogens with zero attached hydrogens (tertiary/aromatic N) is 1. The van der Waals surface area contributed by atoms with Gasteiger partial charge in [-0.25, -0.2) is 8.42 Å². The molecule has 5 nitrogen and oxygen atoms in total. The SMILES string of the molecule is Cc1cccc(NC(=O)C(C)N(c2cc(Cl)ccc2Cl)S(C)(=O)=O)c1. The lowest BCUT2D eigenvalue weighted by molar-refractivity contribution is -0.116. The minimum Gasteiger partial charge on any atom is -0.324 e. The van der Waals surface area contributed by atoms with Gasteiger partial charge in [0.05, 0.1) is 17.0 Å². The van der Waals surface area contributed by atoms with E-state index in [4.69, 9.17) is 23.2 Å². The van der Waals surface area contributed by atoms with E-state index in [0.717, 1.165) is 16.1 Å². The Balaban J connectivity index is 2.38. The predicted molar refractivity (Wildman–Crippen MR) is 103 cm³/mol. The van der Waals surface area contributed by atoms with Crippen LogP contribution in [-0.2, 0) is 14.8 Å². The highest BCUT2D eigenvalue weighted by Gasteiger charge is 2.30. The molecule has 2 aromatic rings. The number of sulfonamides is 1. The average molecular weight is 401 g/mol. The summed E-state index contributed by atoms with van der Waals surface area (Å²) in [6.07, 6.45) is 1.01. The van der Waals surface area contributed by atoms with E-state index in [-0.39, 0.29) is 10.7 Å². The molecule has 8 heteroatoms. The van der Waals surface area contributed by atoms with Crippen molar-refractivity contribution in [1.82, 2.24) is 0 Å². The zero-order valence-electron chi connectivity index (χ0n) is 14.0. The van der Waals surface area contributed by atoms with Crippen LogP contribution in [-0.4, -0.2) is 26.6 Å². The first-order valence-corrected chi connectivity index (χ1v) is 10.0. The third kappa shape index (κ3) is 4.87. The number of hydrogen-bond donors (Lipinski definition) is 1. The van der Waals surface area contributed by atoms with Crippen molar-refractivity contribution in [3.05, 3.63) is 58.1 Å². The first-order chi connectivity index (χ1) is 11.6. The Morgan fingerprint density at radius 2 is 1.84 bits per heavy atom. The summed E-state index contributed by atoms with van der Waals surface area (Å²) in [5.41, 5.74) is 1.72. The number of hydrogen-bond acceptors (Lipinski definition) is 3. The lowest BCUT2D eigenvalue weighted by Gasteiger charge is -2.29. The topological polar surface area (TPSA) is 66.5 Å². The lowest BCUT2D eigenvalue weighted by atomic mass is 10.2. The number of halogens is 2. The Morgan fingerprint density at radius 1 is 1.16 bits per heavy atom. The summed E-state index contributed by atoms with van der Waals surface area (Å²) in [6.45, 7) is 3.39. The van der Waals surface area contributed by atoms with E-state index < -0.39 is 22.0 Å². The molecule has 1 unspecified atom stereocenters. The highest BCUT2D eigenvalue weighted by molar-refractivity contribution is 7.92. The van der Waals surface area contributed by atoms with Crippen molar-refractivity contribution < 1.29 is 13.2 Å². The van der Waals surface area contributed by atoms with Gasteiger partial charge in [-0.1, -0.05) is 35.3 Å². The van der Waals surface area contributed by atoms with Crippen molar-refractivity contribution in [1.29, 1.82) is 0 Å². The van der Waals surface area contributed by atoms with Gasteiger partial charge in [0.1, 0.15) is 6.04 Å². The number of anilines is 2. The summed E-state index contributed by atoms with van der Waals surface area (Å²) in [7, 11) is -3.77. The first-order valence-electron chi connectivity index (χ1n) is 7.41. The van der Waals surface area contributed by atoms with Crippen LogP contribution in [0.15, 0.2) is 42.5 Å². The zero-order chi connectivity index (χ0) is 18.8. The molecule has 1 amide bonds. The maximum Gasteiger partial charge on any atom is 0.247 e. The summed E-state index contributed by atoms with van der Waals surface area (Å²) < 4.78 is 25.5. The molecule has 1 atom stereocenters. The minimum atomic E-state index is -3.77. The summed E-state index contributed by atoms with van der Waals surface area (Å²) in [6, 6.07) is 10.7. The first kappa shape index (κ1) is 19.6. The van der Waals surface area contributed by atoms with Gasteiger partial charge in [0.25, 0.3) is 0 Å². The van der Waals surface area contributed by atoms with Crippen LogP contribution in [0.1, 0.15) is 12.5 Å². The molecule has 0 bridgehead atoms. The normalized spacial score (nSPS) is 12.5. The molecule has 0 spiro atoms. The van der Waals surface area contributed by atoms with Crippen LogP contribution in [0, 0.1) is 6.92 Å². The molecule has 0 aliphatic heterocycles. The summed E-state index contributed by atoms with van der Waals surface area (Å²) in [4.78, 5) is 12.6. The monoisotopic (exact) mass is 400 g/mol. The summed E-state index contributed by atoms with van der Waals surface area (Å²) in [5.74, 6) is -0.480. The van der Waals surface area contributed by atoms with Crippen molar-refractivity contribution >= 4 is 50.5 Å². The van der Waals surface area contributed by atoms with E-state index in [2.05, 4.69) is 5.32 Å². The number of nitrogens with one attached hydrogen (secondary N) is 1. The van der Waals surface area contributed by atoms with Gasteiger partial charge in [-0.2, -0.15) is 0 Å². The molecule has 0 aromatic heterocycles. The van der Waals surface area contributed by atoms with Crippen molar-refractivity contribution in [2.45, 2.75) is 19.9 Å².